The van der Waals surface area contributed by atoms with Gasteiger partial charge in [-0.1, -0.05) is 26.2 Å². The Hall–Kier alpha value is -0.900. The standard InChI is InChI=1S/C18H34N6O.HI/c1-5-15-8-6-9-16(12-15)21-18(19-10-7-11-25-4)20-13-17-23-22-14(2)24(17)3;/h15-16H,5-13H2,1-4H3,(H2,19,20,21);1H. The van der Waals surface area contributed by atoms with E-state index in [9.17, 15) is 0 Å². The van der Waals surface area contributed by atoms with Crippen molar-refractivity contribution in [3.63, 3.8) is 0 Å². The number of rotatable bonds is 8. The summed E-state index contributed by atoms with van der Waals surface area (Å²) in [5, 5.41) is 15.4. The molecule has 2 rings (SSSR count). The van der Waals surface area contributed by atoms with E-state index < -0.39 is 0 Å². The maximum Gasteiger partial charge on any atom is 0.191 e. The van der Waals surface area contributed by atoms with Gasteiger partial charge in [-0.2, -0.15) is 0 Å². The number of hydrogen-bond donors (Lipinski definition) is 2. The summed E-state index contributed by atoms with van der Waals surface area (Å²) in [4.78, 5) is 4.74. The van der Waals surface area contributed by atoms with Gasteiger partial charge in [0.05, 0.1) is 0 Å². The summed E-state index contributed by atoms with van der Waals surface area (Å²) in [6, 6.07) is 0.508. The SMILES string of the molecule is CCC1CCCC(NC(=NCc2nnc(C)n2C)NCCCOC)C1.I. The van der Waals surface area contributed by atoms with Gasteiger partial charge in [0.25, 0.3) is 0 Å². The Morgan fingerprint density at radius 3 is 2.81 bits per heavy atom. The van der Waals surface area contributed by atoms with Crippen molar-refractivity contribution in [2.45, 2.75) is 65.0 Å². The second-order valence-corrected chi connectivity index (χ2v) is 6.94. The van der Waals surface area contributed by atoms with E-state index in [2.05, 4.69) is 27.8 Å². The minimum absolute atomic E-state index is 0. The molecule has 1 saturated carbocycles. The van der Waals surface area contributed by atoms with Gasteiger partial charge in [0, 0.05) is 33.4 Å². The minimum atomic E-state index is 0. The highest BCUT2D eigenvalue weighted by Gasteiger charge is 2.21. The Balaban J connectivity index is 0.00000338. The highest BCUT2D eigenvalue weighted by molar-refractivity contribution is 14.0. The zero-order chi connectivity index (χ0) is 18.1. The smallest absolute Gasteiger partial charge is 0.191 e. The van der Waals surface area contributed by atoms with E-state index in [0.717, 1.165) is 43.1 Å². The first kappa shape index (κ1) is 23.1. The molecular weight excluding hydrogens is 443 g/mol. The number of aromatic nitrogens is 3. The fraction of sp³-hybridized carbons (Fsp3) is 0.833. The molecule has 2 unspecified atom stereocenters. The molecule has 0 bridgehead atoms. The molecule has 0 spiro atoms. The van der Waals surface area contributed by atoms with Gasteiger partial charge in [0.2, 0.25) is 0 Å². The van der Waals surface area contributed by atoms with E-state index in [1.54, 1.807) is 7.11 Å². The average molecular weight is 478 g/mol. The fourth-order valence-electron chi connectivity index (χ4n) is 3.30. The third-order valence-electron chi connectivity index (χ3n) is 5.08. The predicted molar refractivity (Wildman–Crippen MR) is 116 cm³/mol. The van der Waals surface area contributed by atoms with Crippen molar-refractivity contribution in [3.05, 3.63) is 11.6 Å². The van der Waals surface area contributed by atoms with Crippen molar-refractivity contribution < 1.29 is 4.74 Å². The van der Waals surface area contributed by atoms with E-state index in [1.807, 2.05) is 18.5 Å². The number of nitrogens with zero attached hydrogens (tertiary/aromatic N) is 4. The van der Waals surface area contributed by atoms with Gasteiger partial charge in [-0.3, -0.25) is 0 Å². The van der Waals surface area contributed by atoms with Crippen LogP contribution < -0.4 is 10.6 Å². The van der Waals surface area contributed by atoms with Gasteiger partial charge in [-0.15, -0.1) is 34.2 Å². The van der Waals surface area contributed by atoms with Crippen molar-refractivity contribution in [1.82, 2.24) is 25.4 Å². The van der Waals surface area contributed by atoms with Crippen LogP contribution in [0.4, 0.5) is 0 Å². The number of halogens is 1. The highest BCUT2D eigenvalue weighted by Crippen LogP contribution is 2.26. The molecule has 26 heavy (non-hydrogen) atoms. The van der Waals surface area contributed by atoms with E-state index in [4.69, 9.17) is 9.73 Å². The summed E-state index contributed by atoms with van der Waals surface area (Å²) in [5.41, 5.74) is 0. The number of ether oxygens (including phenoxy) is 1. The molecule has 0 amide bonds. The summed E-state index contributed by atoms with van der Waals surface area (Å²) >= 11 is 0. The molecule has 2 atom stereocenters. The first-order valence-corrected chi connectivity index (χ1v) is 9.52. The molecule has 1 aromatic rings. The maximum atomic E-state index is 5.13. The normalized spacial score (nSPS) is 20.5. The third-order valence-corrected chi connectivity index (χ3v) is 5.08. The quantitative estimate of drug-likeness (QED) is 0.260. The molecule has 8 heteroatoms. The molecule has 0 radical (unpaired) electrons. The van der Waals surface area contributed by atoms with Gasteiger partial charge >= 0.3 is 0 Å². The van der Waals surface area contributed by atoms with E-state index in [1.165, 1.54) is 32.1 Å². The van der Waals surface area contributed by atoms with E-state index in [0.29, 0.717) is 12.6 Å². The number of guanidine groups is 1. The Labute approximate surface area is 174 Å². The lowest BCUT2D eigenvalue weighted by Crippen LogP contribution is -2.45. The topological polar surface area (TPSA) is 76.4 Å². The van der Waals surface area contributed by atoms with Crippen LogP contribution in [0.3, 0.4) is 0 Å². The maximum absolute atomic E-state index is 5.13. The van der Waals surface area contributed by atoms with Crippen LogP contribution in [0.1, 0.15) is 57.1 Å². The molecule has 7 nitrogen and oxygen atoms in total. The third kappa shape index (κ3) is 7.38. The lowest BCUT2D eigenvalue weighted by Gasteiger charge is -2.30. The van der Waals surface area contributed by atoms with Crippen LogP contribution >= 0.6 is 24.0 Å². The Bertz CT molecular complexity index is 548. The zero-order valence-corrected chi connectivity index (χ0v) is 19.0. The number of nitrogens with one attached hydrogen (secondary N) is 2. The largest absolute Gasteiger partial charge is 0.385 e. The molecule has 0 saturated heterocycles. The molecule has 2 N–H and O–H groups in total. The molecule has 1 aliphatic carbocycles. The molecule has 1 fully saturated rings. The number of hydrogen-bond acceptors (Lipinski definition) is 4. The first-order chi connectivity index (χ1) is 12.1. The van der Waals surface area contributed by atoms with E-state index in [-0.39, 0.29) is 24.0 Å². The van der Waals surface area contributed by atoms with Crippen molar-refractivity contribution >= 4 is 29.9 Å². The van der Waals surface area contributed by atoms with Crippen LogP contribution in [-0.2, 0) is 18.3 Å². The van der Waals surface area contributed by atoms with Crippen molar-refractivity contribution in [1.29, 1.82) is 0 Å². The number of aryl methyl sites for hydroxylation is 1. The first-order valence-electron chi connectivity index (χ1n) is 9.52. The molecule has 0 aromatic carbocycles. The molecule has 1 heterocycles. The van der Waals surface area contributed by atoms with Crippen LogP contribution in [0.5, 0.6) is 0 Å². The average Bonchev–Trinajstić information content (AvgIpc) is 2.95. The van der Waals surface area contributed by atoms with Gasteiger partial charge in [-0.25, -0.2) is 4.99 Å². The summed E-state index contributed by atoms with van der Waals surface area (Å²) in [7, 11) is 3.71. The minimum Gasteiger partial charge on any atom is -0.385 e. The van der Waals surface area contributed by atoms with Crippen molar-refractivity contribution in [2.75, 3.05) is 20.3 Å². The van der Waals surface area contributed by atoms with Gasteiger partial charge in [-0.05, 0) is 32.1 Å². The van der Waals surface area contributed by atoms with Crippen LogP contribution in [0.2, 0.25) is 0 Å². The van der Waals surface area contributed by atoms with Crippen LogP contribution in [-0.4, -0.2) is 47.0 Å². The van der Waals surface area contributed by atoms with Crippen molar-refractivity contribution in [3.8, 4) is 0 Å². The second kappa shape index (κ2) is 12.5. The molecule has 150 valence electrons. The zero-order valence-electron chi connectivity index (χ0n) is 16.6. The second-order valence-electron chi connectivity index (χ2n) is 6.94. The van der Waals surface area contributed by atoms with E-state index >= 15 is 0 Å². The van der Waals surface area contributed by atoms with Crippen LogP contribution in [0, 0.1) is 12.8 Å². The number of aliphatic imine (C=N–C) groups is 1. The lowest BCUT2D eigenvalue weighted by atomic mass is 9.84. The monoisotopic (exact) mass is 478 g/mol. The summed E-state index contributed by atoms with van der Waals surface area (Å²) in [5.74, 6) is 3.50. The molecule has 0 aliphatic heterocycles. The van der Waals surface area contributed by atoms with Gasteiger partial charge < -0.3 is 19.9 Å². The Kier molecular flexibility index (Phi) is 11.1. The molecule has 1 aromatic heterocycles. The highest BCUT2D eigenvalue weighted by atomic mass is 127. The van der Waals surface area contributed by atoms with Crippen LogP contribution in [0.25, 0.3) is 0 Å². The Morgan fingerprint density at radius 1 is 1.35 bits per heavy atom. The summed E-state index contributed by atoms with van der Waals surface area (Å²) in [6.07, 6.45) is 7.35. The van der Waals surface area contributed by atoms with Gasteiger partial charge in [0.1, 0.15) is 12.4 Å². The molecule has 1 aliphatic rings. The number of methoxy groups -OCH3 is 1. The Morgan fingerprint density at radius 2 is 2.15 bits per heavy atom. The van der Waals surface area contributed by atoms with Crippen molar-refractivity contribution in [2.24, 2.45) is 18.0 Å². The molecular formula is C18H35IN6O. The predicted octanol–water partition coefficient (Wildman–Crippen LogP) is 2.78. The van der Waals surface area contributed by atoms with Gasteiger partial charge in [0.15, 0.2) is 11.8 Å². The van der Waals surface area contributed by atoms with Crippen LogP contribution in [0.15, 0.2) is 4.99 Å². The fourth-order valence-corrected chi connectivity index (χ4v) is 3.30. The lowest BCUT2D eigenvalue weighted by molar-refractivity contribution is 0.195. The summed E-state index contributed by atoms with van der Waals surface area (Å²) in [6.45, 7) is 6.38. The summed E-state index contributed by atoms with van der Waals surface area (Å²) < 4.78 is 7.11.